The zero-order valence-corrected chi connectivity index (χ0v) is 8.96. The lowest BCUT2D eigenvalue weighted by Gasteiger charge is -2.15. The molecule has 1 rings (SSSR count). The Balaban J connectivity index is 2.32. The van der Waals surface area contributed by atoms with Crippen LogP contribution >= 0.6 is 0 Å². The molecule has 14 heavy (non-hydrogen) atoms. The van der Waals surface area contributed by atoms with Gasteiger partial charge in [0, 0.05) is 18.8 Å². The van der Waals surface area contributed by atoms with Gasteiger partial charge < -0.3 is 10.6 Å². The minimum Gasteiger partial charge on any atom is -0.369 e. The number of pyridine rings is 1. The Labute approximate surface area is 85.9 Å². The second-order valence-electron chi connectivity index (χ2n) is 3.37. The highest BCUT2D eigenvalue weighted by Gasteiger charge is 2.03. The zero-order valence-electron chi connectivity index (χ0n) is 8.96. The molecular formula is C11H19N3. The predicted octanol–water partition coefficient (Wildman–Crippen LogP) is 1.88. The van der Waals surface area contributed by atoms with Crippen LogP contribution in [-0.4, -0.2) is 24.6 Å². The third-order valence-electron chi connectivity index (χ3n) is 2.24. The number of likely N-dealkylation sites (N-methyl/N-ethyl adjacent to an activating group) is 1. The van der Waals surface area contributed by atoms with E-state index in [4.69, 9.17) is 0 Å². The summed E-state index contributed by atoms with van der Waals surface area (Å²) in [6, 6.07) is 6.43. The van der Waals surface area contributed by atoms with Gasteiger partial charge in [-0.2, -0.15) is 0 Å². The molecule has 0 bridgehead atoms. The standard InChI is InChI=1S/C11H19N3/c1-3-6-10(12-2)9-14-11-7-4-5-8-13-11/h4-5,7-8,10,12H,3,6,9H2,1-2H3,(H,13,14)/t10-/m0/s1. The van der Waals surface area contributed by atoms with E-state index in [1.165, 1.54) is 12.8 Å². The quantitative estimate of drug-likeness (QED) is 0.724. The summed E-state index contributed by atoms with van der Waals surface area (Å²) in [5, 5.41) is 6.59. The smallest absolute Gasteiger partial charge is 0.125 e. The van der Waals surface area contributed by atoms with Crippen molar-refractivity contribution in [1.29, 1.82) is 0 Å². The summed E-state index contributed by atoms with van der Waals surface area (Å²) in [5.74, 6) is 0.948. The lowest BCUT2D eigenvalue weighted by molar-refractivity contribution is 0.536. The molecule has 1 atom stereocenters. The number of rotatable bonds is 6. The van der Waals surface area contributed by atoms with E-state index >= 15 is 0 Å². The van der Waals surface area contributed by atoms with Crippen LogP contribution in [-0.2, 0) is 0 Å². The summed E-state index contributed by atoms with van der Waals surface area (Å²) < 4.78 is 0. The van der Waals surface area contributed by atoms with E-state index in [1.807, 2.05) is 25.2 Å². The number of nitrogens with one attached hydrogen (secondary N) is 2. The molecule has 0 spiro atoms. The van der Waals surface area contributed by atoms with Crippen LogP contribution in [0, 0.1) is 0 Å². The molecule has 3 nitrogen and oxygen atoms in total. The van der Waals surface area contributed by atoms with Gasteiger partial charge in [0.05, 0.1) is 0 Å². The molecule has 1 aromatic heterocycles. The fraction of sp³-hybridized carbons (Fsp3) is 0.545. The molecule has 0 radical (unpaired) electrons. The molecule has 0 aliphatic carbocycles. The Kier molecular flexibility index (Phi) is 5.00. The highest BCUT2D eigenvalue weighted by molar-refractivity contribution is 5.33. The van der Waals surface area contributed by atoms with Gasteiger partial charge in [0.1, 0.15) is 5.82 Å². The molecule has 0 fully saturated rings. The average molecular weight is 193 g/mol. The van der Waals surface area contributed by atoms with Crippen molar-refractivity contribution in [2.45, 2.75) is 25.8 Å². The van der Waals surface area contributed by atoms with Crippen LogP contribution < -0.4 is 10.6 Å². The number of aromatic nitrogens is 1. The van der Waals surface area contributed by atoms with Crippen molar-refractivity contribution in [3.05, 3.63) is 24.4 Å². The Morgan fingerprint density at radius 1 is 1.43 bits per heavy atom. The van der Waals surface area contributed by atoms with Crippen LogP contribution in [0.2, 0.25) is 0 Å². The van der Waals surface area contributed by atoms with E-state index in [2.05, 4.69) is 22.5 Å². The van der Waals surface area contributed by atoms with Crippen LogP contribution in [0.3, 0.4) is 0 Å². The van der Waals surface area contributed by atoms with Gasteiger partial charge in [-0.1, -0.05) is 19.4 Å². The zero-order chi connectivity index (χ0) is 10.2. The maximum Gasteiger partial charge on any atom is 0.125 e. The Hall–Kier alpha value is -1.09. The molecule has 0 aromatic carbocycles. The Morgan fingerprint density at radius 3 is 2.86 bits per heavy atom. The molecular weight excluding hydrogens is 174 g/mol. The van der Waals surface area contributed by atoms with Gasteiger partial charge in [-0.05, 0) is 25.6 Å². The van der Waals surface area contributed by atoms with Crippen molar-refractivity contribution in [3.63, 3.8) is 0 Å². The maximum atomic E-state index is 4.21. The van der Waals surface area contributed by atoms with Gasteiger partial charge in [-0.3, -0.25) is 0 Å². The van der Waals surface area contributed by atoms with Crippen LogP contribution in [0.15, 0.2) is 24.4 Å². The van der Waals surface area contributed by atoms with Crippen molar-refractivity contribution in [1.82, 2.24) is 10.3 Å². The number of nitrogens with zero attached hydrogens (tertiary/aromatic N) is 1. The van der Waals surface area contributed by atoms with Gasteiger partial charge in [-0.15, -0.1) is 0 Å². The Morgan fingerprint density at radius 2 is 2.29 bits per heavy atom. The average Bonchev–Trinajstić information content (AvgIpc) is 2.25. The molecule has 0 aliphatic rings. The van der Waals surface area contributed by atoms with Crippen molar-refractivity contribution >= 4 is 5.82 Å². The number of anilines is 1. The largest absolute Gasteiger partial charge is 0.369 e. The first-order valence-electron chi connectivity index (χ1n) is 5.19. The van der Waals surface area contributed by atoms with Crippen molar-refractivity contribution in [2.24, 2.45) is 0 Å². The molecule has 0 saturated carbocycles. The van der Waals surface area contributed by atoms with Gasteiger partial charge in [0.2, 0.25) is 0 Å². The van der Waals surface area contributed by atoms with Gasteiger partial charge >= 0.3 is 0 Å². The fourth-order valence-electron chi connectivity index (χ4n) is 1.39. The van der Waals surface area contributed by atoms with Crippen molar-refractivity contribution in [3.8, 4) is 0 Å². The van der Waals surface area contributed by atoms with E-state index in [9.17, 15) is 0 Å². The van der Waals surface area contributed by atoms with Crippen LogP contribution in [0.5, 0.6) is 0 Å². The summed E-state index contributed by atoms with van der Waals surface area (Å²) in [6.07, 6.45) is 4.20. The SMILES string of the molecule is CCC[C@@H](CNc1ccccn1)NC. The van der Waals surface area contributed by atoms with Crippen molar-refractivity contribution < 1.29 is 0 Å². The van der Waals surface area contributed by atoms with E-state index in [1.54, 1.807) is 6.20 Å². The second kappa shape index (κ2) is 6.38. The highest BCUT2D eigenvalue weighted by atomic mass is 15.0. The summed E-state index contributed by atoms with van der Waals surface area (Å²) in [7, 11) is 2.00. The molecule has 0 amide bonds. The van der Waals surface area contributed by atoms with E-state index in [0.717, 1.165) is 12.4 Å². The second-order valence-corrected chi connectivity index (χ2v) is 3.37. The molecule has 1 heterocycles. The topological polar surface area (TPSA) is 37.0 Å². The third kappa shape index (κ3) is 3.75. The van der Waals surface area contributed by atoms with E-state index in [-0.39, 0.29) is 0 Å². The molecule has 1 aromatic rings. The minimum absolute atomic E-state index is 0.530. The van der Waals surface area contributed by atoms with Crippen LogP contribution in [0.1, 0.15) is 19.8 Å². The maximum absolute atomic E-state index is 4.21. The molecule has 0 unspecified atom stereocenters. The third-order valence-corrected chi connectivity index (χ3v) is 2.24. The van der Waals surface area contributed by atoms with Gasteiger partial charge in [-0.25, -0.2) is 4.98 Å². The highest BCUT2D eigenvalue weighted by Crippen LogP contribution is 2.02. The fourth-order valence-corrected chi connectivity index (χ4v) is 1.39. The molecule has 2 N–H and O–H groups in total. The first kappa shape index (κ1) is 11.0. The van der Waals surface area contributed by atoms with Crippen LogP contribution in [0.25, 0.3) is 0 Å². The normalized spacial score (nSPS) is 12.4. The first-order chi connectivity index (χ1) is 6.86. The summed E-state index contributed by atoms with van der Waals surface area (Å²) in [6.45, 7) is 3.13. The predicted molar refractivity (Wildman–Crippen MR) is 60.5 cm³/mol. The minimum atomic E-state index is 0.530. The lowest BCUT2D eigenvalue weighted by atomic mass is 10.2. The van der Waals surface area contributed by atoms with E-state index in [0.29, 0.717) is 6.04 Å². The van der Waals surface area contributed by atoms with Crippen LogP contribution in [0.4, 0.5) is 5.82 Å². The van der Waals surface area contributed by atoms with Gasteiger partial charge in [0.15, 0.2) is 0 Å². The molecule has 3 heteroatoms. The summed E-state index contributed by atoms with van der Waals surface area (Å²) in [4.78, 5) is 4.21. The number of hydrogen-bond donors (Lipinski definition) is 2. The molecule has 0 aliphatic heterocycles. The summed E-state index contributed by atoms with van der Waals surface area (Å²) >= 11 is 0. The van der Waals surface area contributed by atoms with Crippen molar-refractivity contribution in [2.75, 3.05) is 18.9 Å². The first-order valence-corrected chi connectivity index (χ1v) is 5.19. The monoisotopic (exact) mass is 193 g/mol. The number of hydrogen-bond acceptors (Lipinski definition) is 3. The lowest BCUT2D eigenvalue weighted by Crippen LogP contribution is -2.32. The van der Waals surface area contributed by atoms with Gasteiger partial charge in [0.25, 0.3) is 0 Å². The van der Waals surface area contributed by atoms with E-state index < -0.39 is 0 Å². The Bertz CT molecular complexity index is 236. The molecule has 0 saturated heterocycles. The molecule has 78 valence electrons. The summed E-state index contributed by atoms with van der Waals surface area (Å²) in [5.41, 5.74) is 0.